The van der Waals surface area contributed by atoms with Crippen LogP contribution in [0.25, 0.3) is 0 Å². The van der Waals surface area contributed by atoms with Gasteiger partial charge in [0.2, 0.25) is 0 Å². The normalized spacial score (nSPS) is 11.6. The molecule has 0 aromatic rings. The Morgan fingerprint density at radius 1 is 1.42 bits per heavy atom. The Bertz CT molecular complexity index is 120. The average molecular weight is 196 g/mol. The molecule has 0 spiro atoms. The van der Waals surface area contributed by atoms with E-state index in [1.165, 1.54) is 0 Å². The van der Waals surface area contributed by atoms with E-state index in [2.05, 4.69) is 0 Å². The lowest BCUT2D eigenvalue weighted by atomic mass is 10.2. The molecule has 74 valence electrons. The molecule has 1 atom stereocenters. The van der Waals surface area contributed by atoms with Crippen LogP contribution in [0.5, 0.6) is 0 Å². The van der Waals surface area contributed by atoms with Crippen LogP contribution in [-0.4, -0.2) is 18.6 Å². The van der Waals surface area contributed by atoms with Gasteiger partial charge in [0, 0.05) is 0 Å². The van der Waals surface area contributed by atoms with E-state index in [0.29, 0.717) is 13.0 Å². The quantitative estimate of drug-likeness (QED) is 0.677. The molecule has 0 rings (SSSR count). The van der Waals surface area contributed by atoms with Crippen LogP contribution in [0, 0.1) is 0 Å². The van der Waals surface area contributed by atoms with Gasteiger partial charge in [0.15, 0.2) is 0 Å². The minimum atomic E-state index is -0.424. The van der Waals surface area contributed by atoms with Crippen molar-refractivity contribution in [1.82, 2.24) is 0 Å². The van der Waals surface area contributed by atoms with Crippen molar-refractivity contribution >= 4 is 18.4 Å². The predicted molar refractivity (Wildman–Crippen MR) is 51.4 cm³/mol. The third kappa shape index (κ3) is 6.43. The lowest BCUT2D eigenvalue weighted by Crippen LogP contribution is -2.32. The Morgan fingerprint density at radius 3 is 2.42 bits per heavy atom. The average Bonchev–Trinajstić information content (AvgIpc) is 2.00. The van der Waals surface area contributed by atoms with E-state index in [-0.39, 0.29) is 18.4 Å². The molecule has 0 saturated heterocycles. The van der Waals surface area contributed by atoms with Gasteiger partial charge in [0.1, 0.15) is 6.04 Å². The molecule has 4 heteroatoms. The number of hydrogen-bond acceptors (Lipinski definition) is 3. The van der Waals surface area contributed by atoms with Crippen molar-refractivity contribution in [2.45, 2.75) is 39.2 Å². The van der Waals surface area contributed by atoms with Crippen LogP contribution in [0.1, 0.15) is 33.1 Å². The summed E-state index contributed by atoms with van der Waals surface area (Å²) in [7, 11) is 0. The molecule has 0 aromatic carbocycles. The molecule has 0 aliphatic rings. The first kappa shape index (κ1) is 14.3. The first-order valence-corrected chi connectivity index (χ1v) is 4.14. The van der Waals surface area contributed by atoms with Gasteiger partial charge in [-0.3, -0.25) is 4.79 Å². The maximum Gasteiger partial charge on any atom is 0.322 e. The number of esters is 1. The number of carbonyl (C=O) groups excluding carboxylic acids is 1. The van der Waals surface area contributed by atoms with Crippen molar-refractivity contribution in [3.05, 3.63) is 0 Å². The first-order valence-electron chi connectivity index (χ1n) is 4.14. The molecular formula is C8H18ClNO2. The third-order valence-electron chi connectivity index (χ3n) is 1.35. The molecule has 0 heterocycles. The standard InChI is InChI=1S/C8H17NO2.ClH/c1-3-5-7(9)8(10)11-6-4-2;/h7H,3-6,9H2,1-2H3;1H/t7-;/m0./s1. The SMILES string of the molecule is CCCOC(=O)[C@@H](N)CCC.Cl. The summed E-state index contributed by atoms with van der Waals surface area (Å²) in [5.74, 6) is -0.270. The number of nitrogens with two attached hydrogens (primary N) is 1. The molecule has 3 nitrogen and oxygen atoms in total. The largest absolute Gasteiger partial charge is 0.465 e. The molecule has 0 aromatic heterocycles. The van der Waals surface area contributed by atoms with Crippen molar-refractivity contribution in [3.8, 4) is 0 Å². The van der Waals surface area contributed by atoms with E-state index < -0.39 is 6.04 Å². The van der Waals surface area contributed by atoms with Gasteiger partial charge in [-0.25, -0.2) is 0 Å². The fourth-order valence-electron chi connectivity index (χ4n) is 0.739. The van der Waals surface area contributed by atoms with E-state index in [0.717, 1.165) is 12.8 Å². The topological polar surface area (TPSA) is 52.3 Å². The highest BCUT2D eigenvalue weighted by Crippen LogP contribution is 1.96. The predicted octanol–water partition coefficient (Wildman–Crippen LogP) is 1.49. The number of carbonyl (C=O) groups is 1. The summed E-state index contributed by atoms with van der Waals surface area (Å²) in [5, 5.41) is 0. The molecule has 0 saturated carbocycles. The molecule has 0 radical (unpaired) electrons. The second-order valence-electron chi connectivity index (χ2n) is 2.56. The maximum absolute atomic E-state index is 10.9. The molecule has 0 fully saturated rings. The summed E-state index contributed by atoms with van der Waals surface area (Å²) in [6, 6.07) is -0.424. The molecule has 0 bridgehead atoms. The Hall–Kier alpha value is -0.280. The van der Waals surface area contributed by atoms with E-state index in [1.54, 1.807) is 0 Å². The summed E-state index contributed by atoms with van der Waals surface area (Å²) in [5.41, 5.74) is 5.49. The lowest BCUT2D eigenvalue weighted by molar-refractivity contribution is -0.145. The Labute approximate surface area is 80.1 Å². The number of halogens is 1. The van der Waals surface area contributed by atoms with Crippen molar-refractivity contribution in [3.63, 3.8) is 0 Å². The van der Waals surface area contributed by atoms with Crippen LogP contribution in [-0.2, 0) is 9.53 Å². The van der Waals surface area contributed by atoms with Gasteiger partial charge in [-0.15, -0.1) is 12.4 Å². The molecule has 0 aliphatic carbocycles. The number of ether oxygens (including phenoxy) is 1. The van der Waals surface area contributed by atoms with Crippen LogP contribution in [0.15, 0.2) is 0 Å². The lowest BCUT2D eigenvalue weighted by Gasteiger charge is -2.08. The summed E-state index contributed by atoms with van der Waals surface area (Å²) < 4.78 is 4.84. The van der Waals surface area contributed by atoms with Gasteiger partial charge >= 0.3 is 5.97 Å². The minimum Gasteiger partial charge on any atom is -0.465 e. The maximum atomic E-state index is 10.9. The zero-order valence-corrected chi connectivity index (χ0v) is 8.52. The highest BCUT2D eigenvalue weighted by atomic mass is 35.5. The zero-order chi connectivity index (χ0) is 8.69. The fourth-order valence-corrected chi connectivity index (χ4v) is 0.739. The van der Waals surface area contributed by atoms with Gasteiger partial charge < -0.3 is 10.5 Å². The van der Waals surface area contributed by atoms with Crippen molar-refractivity contribution < 1.29 is 9.53 Å². The fraction of sp³-hybridized carbons (Fsp3) is 0.875. The van der Waals surface area contributed by atoms with Crippen LogP contribution in [0.4, 0.5) is 0 Å². The Balaban J connectivity index is 0. The van der Waals surface area contributed by atoms with E-state index in [1.807, 2.05) is 13.8 Å². The van der Waals surface area contributed by atoms with Gasteiger partial charge in [-0.05, 0) is 12.8 Å². The van der Waals surface area contributed by atoms with Crippen molar-refractivity contribution in [2.75, 3.05) is 6.61 Å². The Morgan fingerprint density at radius 2 is 2.00 bits per heavy atom. The Kier molecular flexibility index (Phi) is 10.5. The number of hydrogen-bond donors (Lipinski definition) is 1. The summed E-state index contributed by atoms with van der Waals surface area (Å²) in [6.07, 6.45) is 2.48. The third-order valence-corrected chi connectivity index (χ3v) is 1.35. The van der Waals surface area contributed by atoms with Crippen LogP contribution < -0.4 is 5.73 Å². The van der Waals surface area contributed by atoms with Crippen LogP contribution in [0.3, 0.4) is 0 Å². The van der Waals surface area contributed by atoms with Crippen LogP contribution in [0.2, 0.25) is 0 Å². The molecule has 0 unspecified atom stereocenters. The van der Waals surface area contributed by atoms with E-state index in [9.17, 15) is 4.79 Å². The van der Waals surface area contributed by atoms with Crippen molar-refractivity contribution in [1.29, 1.82) is 0 Å². The van der Waals surface area contributed by atoms with E-state index in [4.69, 9.17) is 10.5 Å². The zero-order valence-electron chi connectivity index (χ0n) is 7.71. The smallest absolute Gasteiger partial charge is 0.322 e. The first-order chi connectivity index (χ1) is 5.22. The van der Waals surface area contributed by atoms with Gasteiger partial charge in [-0.2, -0.15) is 0 Å². The van der Waals surface area contributed by atoms with Crippen LogP contribution >= 0.6 is 12.4 Å². The van der Waals surface area contributed by atoms with Gasteiger partial charge in [-0.1, -0.05) is 20.3 Å². The molecule has 0 amide bonds. The van der Waals surface area contributed by atoms with E-state index >= 15 is 0 Å². The van der Waals surface area contributed by atoms with Crippen molar-refractivity contribution in [2.24, 2.45) is 5.73 Å². The minimum absolute atomic E-state index is 0. The molecule has 2 N–H and O–H groups in total. The second-order valence-corrected chi connectivity index (χ2v) is 2.56. The monoisotopic (exact) mass is 195 g/mol. The summed E-state index contributed by atoms with van der Waals surface area (Å²) >= 11 is 0. The molecule has 0 aliphatic heterocycles. The number of rotatable bonds is 5. The summed E-state index contributed by atoms with van der Waals surface area (Å²) in [6.45, 7) is 4.43. The highest BCUT2D eigenvalue weighted by Gasteiger charge is 2.12. The molecular weight excluding hydrogens is 178 g/mol. The van der Waals surface area contributed by atoms with Gasteiger partial charge in [0.05, 0.1) is 6.61 Å². The van der Waals surface area contributed by atoms with Gasteiger partial charge in [0.25, 0.3) is 0 Å². The highest BCUT2D eigenvalue weighted by molar-refractivity contribution is 5.85. The summed E-state index contributed by atoms with van der Waals surface area (Å²) in [4.78, 5) is 10.9. The second kappa shape index (κ2) is 8.81. The molecule has 12 heavy (non-hydrogen) atoms.